The summed E-state index contributed by atoms with van der Waals surface area (Å²) in [7, 11) is 0. The van der Waals surface area contributed by atoms with Crippen LogP contribution in [0.2, 0.25) is 0 Å². The average molecular weight is 197 g/mol. The molecule has 0 aliphatic rings. The number of non-ortho nitro benzene ring substituents is 1. The number of aliphatic hydroxyl groups excluding tert-OH is 1. The number of hydrogen-bond donors (Lipinski definition) is 1. The molecule has 0 saturated carbocycles. The van der Waals surface area contributed by atoms with E-state index >= 15 is 0 Å². The Bertz CT molecular complexity index is 307. The third kappa shape index (κ3) is 3.12. The molecule has 1 aromatic rings. The lowest BCUT2D eigenvalue weighted by molar-refractivity contribution is -0.384. The maximum Gasteiger partial charge on any atom is 0.269 e. The molecule has 5 nitrogen and oxygen atoms in total. The fraction of sp³-hybridized carbons (Fsp3) is 0.333. The first kappa shape index (κ1) is 10.6. The van der Waals surface area contributed by atoms with E-state index in [1.54, 1.807) is 12.1 Å². The predicted octanol–water partition coefficient (Wildman–Crippen LogP) is 1.45. The maximum absolute atomic E-state index is 10.3. The summed E-state index contributed by atoms with van der Waals surface area (Å²) in [5.74, 6) is 0. The second-order valence-electron chi connectivity index (χ2n) is 2.83. The molecule has 0 aliphatic carbocycles. The van der Waals surface area contributed by atoms with E-state index in [0.29, 0.717) is 0 Å². The van der Waals surface area contributed by atoms with Crippen molar-refractivity contribution in [2.24, 2.45) is 0 Å². The largest absolute Gasteiger partial charge is 0.368 e. The quantitative estimate of drug-likeness (QED) is 0.450. The van der Waals surface area contributed by atoms with E-state index in [-0.39, 0.29) is 12.3 Å². The van der Waals surface area contributed by atoms with Crippen molar-refractivity contribution in [3.63, 3.8) is 0 Å². The fourth-order valence-corrected chi connectivity index (χ4v) is 0.931. The van der Waals surface area contributed by atoms with Crippen LogP contribution in [0.4, 0.5) is 5.69 Å². The Morgan fingerprint density at radius 3 is 2.50 bits per heavy atom. The smallest absolute Gasteiger partial charge is 0.269 e. The van der Waals surface area contributed by atoms with Gasteiger partial charge < -0.3 is 9.84 Å². The van der Waals surface area contributed by atoms with Crippen LogP contribution in [0.1, 0.15) is 12.5 Å². The van der Waals surface area contributed by atoms with E-state index in [0.717, 1.165) is 5.56 Å². The van der Waals surface area contributed by atoms with E-state index in [9.17, 15) is 10.1 Å². The Hall–Kier alpha value is -1.46. The van der Waals surface area contributed by atoms with Gasteiger partial charge in [-0.1, -0.05) is 0 Å². The number of ether oxygens (including phenoxy) is 1. The van der Waals surface area contributed by atoms with Gasteiger partial charge in [0.2, 0.25) is 0 Å². The highest BCUT2D eigenvalue weighted by atomic mass is 16.6. The Morgan fingerprint density at radius 1 is 1.50 bits per heavy atom. The molecule has 1 atom stereocenters. The highest BCUT2D eigenvalue weighted by Gasteiger charge is 2.04. The molecule has 1 rings (SSSR count). The van der Waals surface area contributed by atoms with Gasteiger partial charge in [-0.2, -0.15) is 0 Å². The highest BCUT2D eigenvalue weighted by molar-refractivity contribution is 5.32. The van der Waals surface area contributed by atoms with Crippen LogP contribution in [-0.4, -0.2) is 16.3 Å². The van der Waals surface area contributed by atoms with E-state index < -0.39 is 11.2 Å². The number of nitrogens with zero attached hydrogens (tertiary/aromatic N) is 1. The second-order valence-corrected chi connectivity index (χ2v) is 2.83. The zero-order valence-corrected chi connectivity index (χ0v) is 7.71. The molecular formula is C9H11NO4. The first-order chi connectivity index (χ1) is 6.59. The minimum absolute atomic E-state index is 0.0470. The summed E-state index contributed by atoms with van der Waals surface area (Å²) in [6, 6.07) is 6.00. The minimum Gasteiger partial charge on any atom is -0.368 e. The van der Waals surface area contributed by atoms with Crippen LogP contribution in [0.15, 0.2) is 24.3 Å². The van der Waals surface area contributed by atoms with Gasteiger partial charge >= 0.3 is 0 Å². The van der Waals surface area contributed by atoms with Gasteiger partial charge in [0.15, 0.2) is 6.29 Å². The van der Waals surface area contributed by atoms with Gasteiger partial charge in [0, 0.05) is 12.1 Å². The number of nitro groups is 1. The van der Waals surface area contributed by atoms with E-state index in [1.807, 2.05) is 0 Å². The number of benzene rings is 1. The molecule has 1 N–H and O–H groups in total. The van der Waals surface area contributed by atoms with Crippen LogP contribution in [0.5, 0.6) is 0 Å². The molecule has 0 aliphatic heterocycles. The van der Waals surface area contributed by atoms with Crippen molar-refractivity contribution >= 4 is 5.69 Å². The highest BCUT2D eigenvalue weighted by Crippen LogP contribution is 2.12. The van der Waals surface area contributed by atoms with Crippen LogP contribution >= 0.6 is 0 Å². The minimum atomic E-state index is -0.829. The summed E-state index contributed by atoms with van der Waals surface area (Å²) in [6.45, 7) is 1.75. The van der Waals surface area contributed by atoms with Crippen LogP contribution in [0, 0.1) is 10.1 Å². The molecule has 76 valence electrons. The molecule has 0 fully saturated rings. The molecule has 1 aromatic carbocycles. The maximum atomic E-state index is 10.3. The molecule has 0 aromatic heterocycles. The molecule has 0 bridgehead atoms. The Morgan fingerprint density at radius 2 is 2.07 bits per heavy atom. The Kier molecular flexibility index (Phi) is 3.55. The topological polar surface area (TPSA) is 72.6 Å². The molecule has 0 heterocycles. The molecular weight excluding hydrogens is 186 g/mol. The molecule has 0 spiro atoms. The lowest BCUT2D eigenvalue weighted by Crippen LogP contribution is -2.05. The van der Waals surface area contributed by atoms with Crippen molar-refractivity contribution in [2.75, 3.05) is 0 Å². The second kappa shape index (κ2) is 4.69. The van der Waals surface area contributed by atoms with Crippen LogP contribution < -0.4 is 0 Å². The average Bonchev–Trinajstić information content (AvgIpc) is 2.15. The van der Waals surface area contributed by atoms with Gasteiger partial charge in [0.25, 0.3) is 5.69 Å². The Balaban J connectivity index is 2.60. The van der Waals surface area contributed by atoms with Crippen molar-refractivity contribution in [1.29, 1.82) is 0 Å². The van der Waals surface area contributed by atoms with Crippen molar-refractivity contribution in [3.05, 3.63) is 39.9 Å². The summed E-state index contributed by atoms with van der Waals surface area (Å²) in [5, 5.41) is 19.1. The lowest BCUT2D eigenvalue weighted by Gasteiger charge is -2.05. The summed E-state index contributed by atoms with van der Waals surface area (Å²) >= 11 is 0. The molecule has 0 amide bonds. The van der Waals surface area contributed by atoms with Gasteiger partial charge in [-0.05, 0) is 24.6 Å². The van der Waals surface area contributed by atoms with Gasteiger partial charge in [-0.3, -0.25) is 10.1 Å². The number of aliphatic hydroxyl groups is 1. The SMILES string of the molecule is C[C@@H](O)OCc1ccc([N+](=O)[O-])cc1. The van der Waals surface area contributed by atoms with Crippen molar-refractivity contribution < 1.29 is 14.8 Å². The van der Waals surface area contributed by atoms with E-state index in [1.165, 1.54) is 19.1 Å². The normalized spacial score (nSPS) is 12.4. The zero-order valence-electron chi connectivity index (χ0n) is 7.71. The molecule has 5 heteroatoms. The number of nitro benzene ring substituents is 1. The standard InChI is InChI=1S/C9H11NO4/c1-7(11)14-6-8-2-4-9(5-3-8)10(12)13/h2-5,7,11H,6H2,1H3/t7-/m0/s1. The summed E-state index contributed by atoms with van der Waals surface area (Å²) in [4.78, 5) is 9.85. The lowest BCUT2D eigenvalue weighted by atomic mass is 10.2. The van der Waals surface area contributed by atoms with Crippen LogP contribution in [0.25, 0.3) is 0 Å². The zero-order chi connectivity index (χ0) is 10.6. The monoisotopic (exact) mass is 197 g/mol. The Labute approximate surface area is 81.1 Å². The third-order valence-corrected chi connectivity index (χ3v) is 1.64. The molecule has 14 heavy (non-hydrogen) atoms. The number of hydrogen-bond acceptors (Lipinski definition) is 4. The van der Waals surface area contributed by atoms with Crippen molar-refractivity contribution in [1.82, 2.24) is 0 Å². The first-order valence-corrected chi connectivity index (χ1v) is 4.12. The number of rotatable bonds is 4. The van der Waals surface area contributed by atoms with Gasteiger partial charge in [-0.15, -0.1) is 0 Å². The van der Waals surface area contributed by atoms with Gasteiger partial charge in [0.1, 0.15) is 0 Å². The van der Waals surface area contributed by atoms with Gasteiger partial charge in [-0.25, -0.2) is 0 Å². The predicted molar refractivity (Wildman–Crippen MR) is 49.6 cm³/mol. The molecule has 0 saturated heterocycles. The third-order valence-electron chi connectivity index (χ3n) is 1.64. The van der Waals surface area contributed by atoms with Crippen LogP contribution in [-0.2, 0) is 11.3 Å². The first-order valence-electron chi connectivity index (χ1n) is 4.12. The van der Waals surface area contributed by atoms with Crippen molar-refractivity contribution in [3.8, 4) is 0 Å². The van der Waals surface area contributed by atoms with Crippen molar-refractivity contribution in [2.45, 2.75) is 19.8 Å². The van der Waals surface area contributed by atoms with Crippen LogP contribution in [0.3, 0.4) is 0 Å². The molecule has 0 unspecified atom stereocenters. The molecule has 0 radical (unpaired) electrons. The van der Waals surface area contributed by atoms with E-state index in [2.05, 4.69) is 0 Å². The summed E-state index contributed by atoms with van der Waals surface area (Å²) in [5.41, 5.74) is 0.835. The fourth-order valence-electron chi connectivity index (χ4n) is 0.931. The van der Waals surface area contributed by atoms with E-state index in [4.69, 9.17) is 9.84 Å². The summed E-state index contributed by atoms with van der Waals surface area (Å²) < 4.78 is 4.91. The van der Waals surface area contributed by atoms with Gasteiger partial charge in [0.05, 0.1) is 11.5 Å². The summed E-state index contributed by atoms with van der Waals surface area (Å²) in [6.07, 6.45) is -0.829.